The molecule has 132 valence electrons. The maximum atomic E-state index is 10.7. The first-order valence-electron chi connectivity index (χ1n) is 7.55. The summed E-state index contributed by atoms with van der Waals surface area (Å²) in [6, 6.07) is 7.86. The van der Waals surface area contributed by atoms with Crippen LogP contribution >= 0.6 is 11.6 Å². The Morgan fingerprint density at radius 1 is 1.35 bits per heavy atom. The molecule has 26 heavy (non-hydrogen) atoms. The fraction of sp³-hybridized carbons (Fsp3) is 0.125. The first-order chi connectivity index (χ1) is 12.4. The van der Waals surface area contributed by atoms with Crippen LogP contribution in [0, 0.1) is 10.1 Å². The van der Waals surface area contributed by atoms with Crippen LogP contribution in [0.1, 0.15) is 5.56 Å². The molecule has 0 unspecified atom stereocenters. The molecule has 2 aromatic heterocycles. The van der Waals surface area contributed by atoms with Crippen LogP contribution in [0.25, 0.3) is 0 Å². The van der Waals surface area contributed by atoms with Gasteiger partial charge in [-0.15, -0.1) is 10.2 Å². The highest BCUT2D eigenvalue weighted by atomic mass is 35.5. The van der Waals surface area contributed by atoms with E-state index in [0.29, 0.717) is 23.7 Å². The normalized spacial score (nSPS) is 11.2. The van der Waals surface area contributed by atoms with Crippen LogP contribution in [-0.4, -0.2) is 14.7 Å². The van der Waals surface area contributed by atoms with Gasteiger partial charge < -0.3 is 5.73 Å². The van der Waals surface area contributed by atoms with E-state index >= 15 is 0 Å². The lowest BCUT2D eigenvalue weighted by molar-refractivity contribution is -0.671. The molecule has 9 nitrogen and oxygen atoms in total. The van der Waals surface area contributed by atoms with Gasteiger partial charge in [0.2, 0.25) is 0 Å². The maximum absolute atomic E-state index is 10.7. The average molecular weight is 373 g/mol. The first-order valence-corrected chi connectivity index (χ1v) is 7.93. The second kappa shape index (κ2) is 7.28. The molecule has 3 aromatic rings. The molecule has 0 saturated heterocycles. The predicted molar refractivity (Wildman–Crippen MR) is 95.6 cm³/mol. The number of nitrogens with zero attached hydrogens (tertiary/aromatic N) is 6. The van der Waals surface area contributed by atoms with Gasteiger partial charge in [-0.25, -0.2) is 9.25 Å². The molecule has 0 radical (unpaired) electrons. The van der Waals surface area contributed by atoms with E-state index in [1.807, 2.05) is 36.1 Å². The van der Waals surface area contributed by atoms with Crippen molar-refractivity contribution in [1.82, 2.24) is 9.78 Å². The molecule has 0 aliphatic heterocycles. The molecule has 0 aliphatic carbocycles. The number of nitro benzene ring substituents is 1. The number of halogens is 1. The largest absolute Gasteiger partial charge is 0.382 e. The summed E-state index contributed by atoms with van der Waals surface area (Å²) >= 11 is 5.99. The van der Waals surface area contributed by atoms with Crippen molar-refractivity contribution in [2.24, 2.45) is 17.3 Å². The smallest absolute Gasteiger partial charge is 0.271 e. The zero-order chi connectivity index (χ0) is 18.7. The second-order valence-electron chi connectivity index (χ2n) is 5.54. The van der Waals surface area contributed by atoms with E-state index in [1.54, 1.807) is 4.68 Å². The monoisotopic (exact) mass is 372 g/mol. The van der Waals surface area contributed by atoms with Crippen LogP contribution in [0.4, 0.5) is 22.9 Å². The molecule has 10 heteroatoms. The van der Waals surface area contributed by atoms with E-state index in [2.05, 4.69) is 15.3 Å². The number of azo groups is 1. The van der Waals surface area contributed by atoms with Gasteiger partial charge >= 0.3 is 0 Å². The second-order valence-corrected chi connectivity index (χ2v) is 5.95. The Morgan fingerprint density at radius 2 is 2.12 bits per heavy atom. The summed E-state index contributed by atoms with van der Waals surface area (Å²) in [4.78, 5) is 10.2. The SMILES string of the molecule is C[n+]1cccc(Cn2ncc(N=Nc3ccc([N+](=O)[O-])cc3Cl)c2N)c1. The van der Waals surface area contributed by atoms with Gasteiger partial charge in [0.15, 0.2) is 12.4 Å². The van der Waals surface area contributed by atoms with Gasteiger partial charge in [0.25, 0.3) is 5.69 Å². The van der Waals surface area contributed by atoms with Crippen molar-refractivity contribution in [3.05, 3.63) is 69.6 Å². The van der Waals surface area contributed by atoms with E-state index in [4.69, 9.17) is 17.3 Å². The van der Waals surface area contributed by atoms with E-state index < -0.39 is 4.92 Å². The molecule has 2 N–H and O–H groups in total. The number of nitrogens with two attached hydrogens (primary N) is 1. The fourth-order valence-electron chi connectivity index (χ4n) is 2.30. The summed E-state index contributed by atoms with van der Waals surface area (Å²) < 4.78 is 3.55. The summed E-state index contributed by atoms with van der Waals surface area (Å²) in [6.07, 6.45) is 5.41. The minimum absolute atomic E-state index is 0.114. The third kappa shape index (κ3) is 3.83. The number of hydrogen-bond acceptors (Lipinski definition) is 6. The van der Waals surface area contributed by atoms with Crippen LogP contribution in [-0.2, 0) is 13.6 Å². The number of pyridine rings is 1. The van der Waals surface area contributed by atoms with Crippen molar-refractivity contribution < 1.29 is 9.49 Å². The Hall–Kier alpha value is -3.33. The Bertz CT molecular complexity index is 1000. The molecule has 1 aromatic carbocycles. The molecule has 2 heterocycles. The van der Waals surface area contributed by atoms with E-state index in [-0.39, 0.29) is 10.7 Å². The zero-order valence-electron chi connectivity index (χ0n) is 13.8. The van der Waals surface area contributed by atoms with Gasteiger partial charge in [0.1, 0.15) is 24.2 Å². The highest BCUT2D eigenvalue weighted by molar-refractivity contribution is 6.33. The molecular weight excluding hydrogens is 358 g/mol. The Labute approximate surface area is 153 Å². The topological polar surface area (TPSA) is 116 Å². The van der Waals surface area contributed by atoms with Gasteiger partial charge in [0.05, 0.1) is 22.7 Å². The Morgan fingerprint density at radius 3 is 2.81 bits per heavy atom. The average Bonchev–Trinajstić information content (AvgIpc) is 2.94. The maximum Gasteiger partial charge on any atom is 0.271 e. The molecule has 0 spiro atoms. The van der Waals surface area contributed by atoms with Gasteiger partial charge in [-0.2, -0.15) is 5.10 Å². The summed E-state index contributed by atoms with van der Waals surface area (Å²) in [5, 5.41) is 23.1. The van der Waals surface area contributed by atoms with Crippen LogP contribution in [0.15, 0.2) is 59.2 Å². The number of aromatic nitrogens is 3. The van der Waals surface area contributed by atoms with Gasteiger partial charge in [-0.1, -0.05) is 11.6 Å². The number of nitro groups is 1. The van der Waals surface area contributed by atoms with Crippen molar-refractivity contribution >= 4 is 34.5 Å². The van der Waals surface area contributed by atoms with Crippen LogP contribution in [0.2, 0.25) is 5.02 Å². The third-order valence-corrected chi connectivity index (χ3v) is 3.90. The van der Waals surface area contributed by atoms with Crippen molar-refractivity contribution in [2.75, 3.05) is 5.73 Å². The summed E-state index contributed by atoms with van der Waals surface area (Å²) in [7, 11) is 1.93. The summed E-state index contributed by atoms with van der Waals surface area (Å²) in [6.45, 7) is 0.494. The van der Waals surface area contributed by atoms with Crippen LogP contribution in [0.3, 0.4) is 0 Å². The van der Waals surface area contributed by atoms with Crippen LogP contribution < -0.4 is 10.3 Å². The number of anilines is 1. The number of non-ortho nitro benzene ring substituents is 1. The molecule has 0 saturated carbocycles. The minimum atomic E-state index is -0.529. The predicted octanol–water partition coefficient (Wildman–Crippen LogP) is 3.32. The van der Waals surface area contributed by atoms with E-state index in [0.717, 1.165) is 5.56 Å². The van der Waals surface area contributed by atoms with Gasteiger partial charge in [-0.05, 0) is 12.1 Å². The number of benzene rings is 1. The number of aryl methyl sites for hydroxylation is 1. The van der Waals surface area contributed by atoms with Crippen molar-refractivity contribution in [3.63, 3.8) is 0 Å². The van der Waals surface area contributed by atoms with Crippen molar-refractivity contribution in [2.45, 2.75) is 6.54 Å². The highest BCUT2D eigenvalue weighted by Gasteiger charge is 2.11. The summed E-state index contributed by atoms with van der Waals surface area (Å²) in [5.41, 5.74) is 7.69. The van der Waals surface area contributed by atoms with E-state index in [9.17, 15) is 10.1 Å². The van der Waals surface area contributed by atoms with E-state index in [1.165, 1.54) is 24.4 Å². The van der Waals surface area contributed by atoms with Crippen molar-refractivity contribution in [3.8, 4) is 0 Å². The number of nitrogen functional groups attached to an aromatic ring is 1. The lowest BCUT2D eigenvalue weighted by atomic mass is 10.3. The lowest BCUT2D eigenvalue weighted by Crippen LogP contribution is -2.27. The molecule has 0 fully saturated rings. The standard InChI is InChI=1S/C16H15ClN7O2/c1-22-6-2-3-11(9-22)10-23-16(18)15(8-19-23)21-20-14-5-4-12(24(25)26)7-13(14)17/h2-9H,10,18H2,1H3/q+1. The summed E-state index contributed by atoms with van der Waals surface area (Å²) in [5.74, 6) is 0.360. The van der Waals surface area contributed by atoms with Gasteiger partial charge in [-0.3, -0.25) is 10.1 Å². The van der Waals surface area contributed by atoms with Crippen molar-refractivity contribution in [1.29, 1.82) is 0 Å². The van der Waals surface area contributed by atoms with Crippen LogP contribution in [0.5, 0.6) is 0 Å². The Kier molecular flexibility index (Phi) is 4.90. The fourth-order valence-corrected chi connectivity index (χ4v) is 2.52. The first kappa shape index (κ1) is 17.5. The molecule has 0 aliphatic rings. The van der Waals surface area contributed by atoms with Gasteiger partial charge in [0, 0.05) is 23.8 Å². The molecule has 0 atom stereocenters. The lowest BCUT2D eigenvalue weighted by Gasteiger charge is -2.03. The molecule has 3 rings (SSSR count). The number of hydrogen-bond donors (Lipinski definition) is 1. The zero-order valence-corrected chi connectivity index (χ0v) is 14.5. The number of rotatable bonds is 5. The molecule has 0 amide bonds. The third-order valence-electron chi connectivity index (χ3n) is 3.60. The Balaban J connectivity index is 1.80. The molecular formula is C16H15ClN7O2+. The highest BCUT2D eigenvalue weighted by Crippen LogP contribution is 2.31. The molecule has 0 bridgehead atoms. The minimum Gasteiger partial charge on any atom is -0.382 e. The quantitative estimate of drug-likeness (QED) is 0.320.